The van der Waals surface area contributed by atoms with E-state index >= 15 is 0 Å². The molecule has 0 aliphatic rings. The minimum atomic E-state index is 0.548. The van der Waals surface area contributed by atoms with Gasteiger partial charge in [-0.25, -0.2) is 0 Å². The fourth-order valence-electron chi connectivity index (χ4n) is 3.41. The van der Waals surface area contributed by atoms with Gasteiger partial charge in [0.15, 0.2) is 0 Å². The molecule has 1 aromatic heterocycles. The summed E-state index contributed by atoms with van der Waals surface area (Å²) in [5.74, 6) is 0.548. The Balaban J connectivity index is 2.02. The summed E-state index contributed by atoms with van der Waals surface area (Å²) >= 11 is 0. The first-order valence-electron chi connectivity index (χ1n) is 8.22. The van der Waals surface area contributed by atoms with Gasteiger partial charge in [0.1, 0.15) is 0 Å². The Labute approximate surface area is 137 Å². The van der Waals surface area contributed by atoms with Gasteiger partial charge in [-0.3, -0.25) is 0 Å². The summed E-state index contributed by atoms with van der Waals surface area (Å²) in [6.45, 7) is 4.50. The van der Waals surface area contributed by atoms with Crippen molar-refractivity contribution in [3.8, 4) is 11.1 Å². The number of hydrogen-bond donors (Lipinski definition) is 0. The molecule has 1 heterocycles. The first-order chi connectivity index (χ1) is 11.1. The fraction of sp³-hybridized carbons (Fsp3) is 0.182. The highest BCUT2D eigenvalue weighted by atomic mass is 14.9. The normalized spacial score (nSPS) is 11.7. The topological polar surface area (TPSA) is 4.93 Å². The van der Waals surface area contributed by atoms with Crippen LogP contribution in [0.4, 0.5) is 0 Å². The van der Waals surface area contributed by atoms with E-state index in [1.807, 2.05) is 0 Å². The molecule has 0 N–H and O–H groups in total. The van der Waals surface area contributed by atoms with Gasteiger partial charge in [0.05, 0.1) is 0 Å². The van der Waals surface area contributed by atoms with Crippen LogP contribution < -0.4 is 0 Å². The smallest absolute Gasteiger partial charge is 0.0489 e. The van der Waals surface area contributed by atoms with Crippen LogP contribution in [-0.4, -0.2) is 4.57 Å². The second-order valence-electron chi connectivity index (χ2n) is 6.59. The van der Waals surface area contributed by atoms with Crippen LogP contribution in [0, 0.1) is 0 Å². The van der Waals surface area contributed by atoms with Gasteiger partial charge in [-0.05, 0) is 46.9 Å². The number of hydrogen-bond acceptors (Lipinski definition) is 0. The van der Waals surface area contributed by atoms with Crippen LogP contribution in [0.1, 0.15) is 25.3 Å². The Kier molecular flexibility index (Phi) is 3.23. The van der Waals surface area contributed by atoms with Crippen molar-refractivity contribution in [2.24, 2.45) is 7.05 Å². The van der Waals surface area contributed by atoms with Crippen molar-refractivity contribution >= 4 is 21.8 Å². The molecule has 0 aliphatic carbocycles. The van der Waals surface area contributed by atoms with E-state index in [1.54, 1.807) is 0 Å². The van der Waals surface area contributed by atoms with E-state index < -0.39 is 0 Å². The molecule has 4 aromatic rings. The molecule has 114 valence electrons. The number of rotatable bonds is 2. The van der Waals surface area contributed by atoms with Crippen molar-refractivity contribution in [3.63, 3.8) is 0 Å². The maximum atomic E-state index is 2.36. The van der Waals surface area contributed by atoms with Gasteiger partial charge in [0, 0.05) is 28.9 Å². The Morgan fingerprint density at radius 3 is 2.04 bits per heavy atom. The predicted octanol–water partition coefficient (Wildman–Crippen LogP) is 6.12. The largest absolute Gasteiger partial charge is 0.344 e. The molecule has 0 unspecified atom stereocenters. The number of aryl methyl sites for hydroxylation is 1. The summed E-state index contributed by atoms with van der Waals surface area (Å²) in [6, 6.07) is 24.3. The van der Waals surface area contributed by atoms with Crippen LogP contribution in [-0.2, 0) is 7.05 Å². The van der Waals surface area contributed by atoms with E-state index in [4.69, 9.17) is 0 Å². The highest BCUT2D eigenvalue weighted by Crippen LogP contribution is 2.33. The molecule has 0 saturated heterocycles. The number of aromatic nitrogens is 1. The molecule has 0 bridgehead atoms. The van der Waals surface area contributed by atoms with Crippen LogP contribution in [0.15, 0.2) is 66.7 Å². The minimum Gasteiger partial charge on any atom is -0.344 e. The highest BCUT2D eigenvalue weighted by molar-refractivity contribution is 6.09. The summed E-state index contributed by atoms with van der Waals surface area (Å²) in [7, 11) is 2.15. The molecule has 3 aromatic carbocycles. The first kappa shape index (κ1) is 14.1. The molecule has 0 atom stereocenters. The van der Waals surface area contributed by atoms with E-state index in [0.29, 0.717) is 5.92 Å². The zero-order valence-electron chi connectivity index (χ0n) is 13.9. The minimum absolute atomic E-state index is 0.548. The van der Waals surface area contributed by atoms with Gasteiger partial charge in [-0.15, -0.1) is 0 Å². The zero-order valence-corrected chi connectivity index (χ0v) is 13.9. The summed E-state index contributed by atoms with van der Waals surface area (Å²) in [5, 5.41) is 2.69. The van der Waals surface area contributed by atoms with Crippen LogP contribution >= 0.6 is 0 Å². The van der Waals surface area contributed by atoms with Crippen molar-refractivity contribution in [3.05, 3.63) is 72.3 Å². The van der Waals surface area contributed by atoms with E-state index in [1.165, 1.54) is 38.5 Å². The van der Waals surface area contributed by atoms with Crippen LogP contribution in [0.5, 0.6) is 0 Å². The molecule has 0 spiro atoms. The fourth-order valence-corrected chi connectivity index (χ4v) is 3.41. The Morgan fingerprint density at radius 1 is 0.696 bits per heavy atom. The van der Waals surface area contributed by atoms with Gasteiger partial charge < -0.3 is 4.57 Å². The van der Waals surface area contributed by atoms with Gasteiger partial charge >= 0.3 is 0 Å². The van der Waals surface area contributed by atoms with E-state index in [-0.39, 0.29) is 0 Å². The van der Waals surface area contributed by atoms with Gasteiger partial charge in [0.25, 0.3) is 0 Å². The molecular weight excluding hydrogens is 278 g/mol. The molecule has 1 heteroatoms. The number of nitrogens with zero attached hydrogens (tertiary/aromatic N) is 1. The number of benzene rings is 3. The molecule has 0 aliphatic heterocycles. The van der Waals surface area contributed by atoms with Crippen LogP contribution in [0.3, 0.4) is 0 Å². The number of fused-ring (bicyclic) bond motifs is 3. The van der Waals surface area contributed by atoms with Crippen LogP contribution in [0.2, 0.25) is 0 Å². The van der Waals surface area contributed by atoms with Gasteiger partial charge in [-0.1, -0.05) is 56.3 Å². The first-order valence-corrected chi connectivity index (χ1v) is 8.22. The molecule has 4 rings (SSSR count). The van der Waals surface area contributed by atoms with Crippen molar-refractivity contribution < 1.29 is 0 Å². The predicted molar refractivity (Wildman–Crippen MR) is 100.0 cm³/mol. The molecule has 23 heavy (non-hydrogen) atoms. The van der Waals surface area contributed by atoms with Crippen molar-refractivity contribution in [1.29, 1.82) is 0 Å². The summed E-state index contributed by atoms with van der Waals surface area (Å²) in [4.78, 5) is 0. The third-order valence-electron chi connectivity index (χ3n) is 4.80. The van der Waals surface area contributed by atoms with Gasteiger partial charge in [0.2, 0.25) is 0 Å². The lowest BCUT2D eigenvalue weighted by Crippen LogP contribution is -1.88. The van der Waals surface area contributed by atoms with Gasteiger partial charge in [-0.2, -0.15) is 0 Å². The van der Waals surface area contributed by atoms with Crippen LogP contribution in [0.25, 0.3) is 32.9 Å². The lowest BCUT2D eigenvalue weighted by atomic mass is 9.99. The summed E-state index contributed by atoms with van der Waals surface area (Å²) in [5.41, 5.74) is 6.54. The Hall–Kier alpha value is -2.54. The SMILES string of the molecule is CC(C)c1ccc2c(c1)c1cc(-c3ccccc3)ccc1n2C. The molecule has 0 saturated carbocycles. The standard InChI is InChI=1S/C22H21N/c1-15(2)17-9-11-21-19(13-17)20-14-18(10-12-22(20)23(21)3)16-7-5-4-6-8-16/h4-15H,1-3H3. The summed E-state index contributed by atoms with van der Waals surface area (Å²) in [6.07, 6.45) is 0. The Morgan fingerprint density at radius 2 is 1.35 bits per heavy atom. The molecule has 1 nitrogen and oxygen atoms in total. The lowest BCUT2D eigenvalue weighted by molar-refractivity contribution is 0.868. The second kappa shape index (κ2) is 5.27. The lowest BCUT2D eigenvalue weighted by Gasteiger charge is -2.05. The third kappa shape index (κ3) is 2.24. The molecule has 0 fully saturated rings. The summed E-state index contributed by atoms with van der Waals surface area (Å²) < 4.78 is 2.30. The maximum absolute atomic E-state index is 2.36. The van der Waals surface area contributed by atoms with E-state index in [0.717, 1.165) is 0 Å². The average Bonchev–Trinajstić information content (AvgIpc) is 2.87. The monoisotopic (exact) mass is 299 g/mol. The van der Waals surface area contributed by atoms with E-state index in [9.17, 15) is 0 Å². The molecule has 0 radical (unpaired) electrons. The van der Waals surface area contributed by atoms with Crippen molar-refractivity contribution in [1.82, 2.24) is 4.57 Å². The van der Waals surface area contributed by atoms with E-state index in [2.05, 4.69) is 92.2 Å². The second-order valence-corrected chi connectivity index (χ2v) is 6.59. The quantitative estimate of drug-likeness (QED) is 0.420. The highest BCUT2D eigenvalue weighted by Gasteiger charge is 2.11. The Bertz CT molecular complexity index is 991. The molecular formula is C22H21N. The van der Waals surface area contributed by atoms with Crippen molar-refractivity contribution in [2.75, 3.05) is 0 Å². The third-order valence-corrected chi connectivity index (χ3v) is 4.80. The zero-order chi connectivity index (χ0) is 16.0. The molecule has 0 amide bonds. The van der Waals surface area contributed by atoms with Crippen molar-refractivity contribution in [2.45, 2.75) is 19.8 Å². The average molecular weight is 299 g/mol. The maximum Gasteiger partial charge on any atom is 0.0489 e.